The predicted octanol–water partition coefficient (Wildman–Crippen LogP) is 8.72. The van der Waals surface area contributed by atoms with Crippen LogP contribution >= 0.6 is 11.3 Å². The zero-order valence-corrected chi connectivity index (χ0v) is 30.3. The molecule has 1 fully saturated rings. The Morgan fingerprint density at radius 1 is 0.896 bits per heavy atom. The average Bonchev–Trinajstić information content (AvgIpc) is 3.57. The van der Waals surface area contributed by atoms with E-state index in [2.05, 4.69) is 71.6 Å². The van der Waals surface area contributed by atoms with Gasteiger partial charge in [-0.2, -0.15) is 0 Å². The van der Waals surface area contributed by atoms with Crippen molar-refractivity contribution in [3.8, 4) is 5.75 Å². The molecule has 8 nitrogen and oxygen atoms in total. The van der Waals surface area contributed by atoms with Crippen molar-refractivity contribution in [2.24, 2.45) is 0 Å². The van der Waals surface area contributed by atoms with Gasteiger partial charge in [0.15, 0.2) is 6.73 Å². The van der Waals surface area contributed by atoms with Crippen LogP contribution in [0.4, 0.5) is 16.2 Å². The molecule has 0 saturated carbocycles. The summed E-state index contributed by atoms with van der Waals surface area (Å²) in [6.07, 6.45) is 11.6. The van der Waals surface area contributed by atoms with Gasteiger partial charge in [0, 0.05) is 66.4 Å². The second kappa shape index (κ2) is 17.9. The summed E-state index contributed by atoms with van der Waals surface area (Å²) in [7, 11) is 0. The van der Waals surface area contributed by atoms with Crippen molar-refractivity contribution in [2.75, 3.05) is 62.4 Å². The highest BCUT2D eigenvalue weighted by molar-refractivity contribution is 7.17. The van der Waals surface area contributed by atoms with Gasteiger partial charge in [0.1, 0.15) is 5.75 Å². The highest BCUT2D eigenvalue weighted by Crippen LogP contribution is 2.42. The van der Waals surface area contributed by atoms with E-state index < -0.39 is 6.09 Å². The monoisotopic (exact) mass is 676 g/mol. The molecule has 5 rings (SSSR count). The molecule has 1 saturated heterocycles. The molecule has 2 amide bonds. The van der Waals surface area contributed by atoms with Gasteiger partial charge in [0.2, 0.25) is 5.91 Å². The van der Waals surface area contributed by atoms with Crippen LogP contribution in [0.3, 0.4) is 0 Å². The number of ether oxygens (including phenoxy) is 2. The summed E-state index contributed by atoms with van der Waals surface area (Å²) in [6, 6.07) is 14.9. The minimum atomic E-state index is -0.481. The SMILES string of the molecule is CCCCCCCCCCNC(=O)OCN1C(=O)CC(C)(C)c2ccc(OCCCCN3CCN(c4cccc5sccc45)CC3)cc21. The standard InChI is InChI=1S/C39H56N4O4S/c1-4-5-6-7-8-9-10-11-20-40-38(45)47-30-43-35-28-31(17-18-33(35)39(2,3)29-37(43)44)46-26-13-12-21-41-22-24-42(25-23-41)34-15-14-16-36-32(34)19-27-48-36/h14-19,27-28H,4-13,20-26,29-30H2,1-3H3,(H,40,45). The van der Waals surface area contributed by atoms with Gasteiger partial charge in [0.25, 0.3) is 0 Å². The van der Waals surface area contributed by atoms with E-state index in [4.69, 9.17) is 9.47 Å². The molecule has 3 aromatic rings. The van der Waals surface area contributed by atoms with Gasteiger partial charge in [-0.3, -0.25) is 14.6 Å². The number of nitrogens with zero attached hydrogens (tertiary/aromatic N) is 3. The quantitative estimate of drug-likeness (QED) is 0.136. The zero-order chi connectivity index (χ0) is 33.8. The van der Waals surface area contributed by atoms with Crippen molar-refractivity contribution in [1.29, 1.82) is 0 Å². The second-order valence-corrected chi connectivity index (χ2v) is 15.0. The first-order chi connectivity index (χ1) is 23.4. The molecule has 3 heterocycles. The lowest BCUT2D eigenvalue weighted by Gasteiger charge is -2.38. The molecular weight excluding hydrogens is 621 g/mol. The van der Waals surface area contributed by atoms with E-state index in [-0.39, 0.29) is 18.1 Å². The number of nitrogens with one attached hydrogen (secondary N) is 1. The lowest BCUT2D eigenvalue weighted by atomic mass is 9.77. The Labute approximate surface area is 291 Å². The number of carbonyl (C=O) groups is 2. The van der Waals surface area contributed by atoms with Crippen LogP contribution < -0.4 is 19.9 Å². The fourth-order valence-corrected chi connectivity index (χ4v) is 7.77. The summed E-state index contributed by atoms with van der Waals surface area (Å²) in [6.45, 7) is 12.8. The van der Waals surface area contributed by atoms with E-state index >= 15 is 0 Å². The minimum Gasteiger partial charge on any atom is -0.494 e. The van der Waals surface area contributed by atoms with Gasteiger partial charge in [0.05, 0.1) is 12.3 Å². The number of fused-ring (bicyclic) bond motifs is 2. The number of benzene rings is 2. The largest absolute Gasteiger partial charge is 0.494 e. The number of anilines is 2. The molecule has 2 aliphatic heterocycles. The number of carbonyl (C=O) groups excluding carboxylic acids is 2. The maximum atomic E-state index is 13.2. The van der Waals surface area contributed by atoms with Crippen LogP contribution in [0.25, 0.3) is 10.1 Å². The molecule has 0 bridgehead atoms. The number of rotatable bonds is 18. The predicted molar refractivity (Wildman–Crippen MR) is 199 cm³/mol. The van der Waals surface area contributed by atoms with Crippen LogP contribution in [0.2, 0.25) is 0 Å². The summed E-state index contributed by atoms with van der Waals surface area (Å²) in [5.41, 5.74) is 2.88. The Morgan fingerprint density at radius 3 is 2.46 bits per heavy atom. The third kappa shape index (κ3) is 9.88. The molecule has 1 N–H and O–H groups in total. The van der Waals surface area contributed by atoms with Gasteiger partial charge in [-0.15, -0.1) is 11.3 Å². The lowest BCUT2D eigenvalue weighted by Crippen LogP contribution is -2.46. The number of hydrogen-bond donors (Lipinski definition) is 1. The third-order valence-corrected chi connectivity index (χ3v) is 10.7. The topological polar surface area (TPSA) is 74.3 Å². The smallest absolute Gasteiger partial charge is 0.408 e. The zero-order valence-electron chi connectivity index (χ0n) is 29.4. The lowest BCUT2D eigenvalue weighted by molar-refractivity contribution is -0.120. The van der Waals surface area contributed by atoms with E-state index in [1.165, 1.54) is 54.3 Å². The van der Waals surface area contributed by atoms with Crippen LogP contribution in [0.1, 0.15) is 97.0 Å². The van der Waals surface area contributed by atoms with Crippen molar-refractivity contribution >= 4 is 44.8 Å². The van der Waals surface area contributed by atoms with E-state index in [0.29, 0.717) is 19.6 Å². The number of piperazine rings is 1. The number of amides is 2. The van der Waals surface area contributed by atoms with E-state index in [1.807, 2.05) is 23.5 Å². The summed E-state index contributed by atoms with van der Waals surface area (Å²) in [5.74, 6) is 0.687. The molecule has 0 aliphatic carbocycles. The third-order valence-electron chi connectivity index (χ3n) is 9.83. The van der Waals surface area contributed by atoms with Gasteiger partial charge >= 0.3 is 6.09 Å². The molecule has 0 radical (unpaired) electrons. The van der Waals surface area contributed by atoms with Gasteiger partial charge in [-0.25, -0.2) is 4.79 Å². The Bertz CT molecular complexity index is 1470. The molecular formula is C39H56N4O4S. The van der Waals surface area contributed by atoms with Crippen molar-refractivity contribution in [1.82, 2.24) is 10.2 Å². The second-order valence-electron chi connectivity index (χ2n) is 14.0. The van der Waals surface area contributed by atoms with Gasteiger partial charge in [-0.1, -0.05) is 77.8 Å². The fraction of sp³-hybridized carbons (Fsp3) is 0.590. The van der Waals surface area contributed by atoms with Gasteiger partial charge in [-0.05, 0) is 61.0 Å². The molecule has 0 spiro atoms. The van der Waals surface area contributed by atoms with Crippen molar-refractivity contribution in [3.05, 3.63) is 53.4 Å². The number of thiophene rings is 1. The van der Waals surface area contributed by atoms with Crippen molar-refractivity contribution in [3.63, 3.8) is 0 Å². The number of unbranched alkanes of at least 4 members (excludes halogenated alkanes) is 8. The normalized spacial score (nSPS) is 16.3. The van der Waals surface area contributed by atoms with Crippen LogP contribution in [0.15, 0.2) is 47.8 Å². The van der Waals surface area contributed by atoms with Crippen molar-refractivity contribution in [2.45, 2.75) is 96.8 Å². The van der Waals surface area contributed by atoms with Gasteiger partial charge < -0.3 is 19.7 Å². The van der Waals surface area contributed by atoms with Crippen LogP contribution in [-0.2, 0) is 14.9 Å². The maximum Gasteiger partial charge on any atom is 0.408 e. The average molecular weight is 677 g/mol. The molecule has 0 atom stereocenters. The Balaban J connectivity index is 1.02. The molecule has 2 aromatic carbocycles. The van der Waals surface area contributed by atoms with Crippen LogP contribution in [-0.4, -0.2) is 69.5 Å². The van der Waals surface area contributed by atoms with Crippen molar-refractivity contribution < 1.29 is 19.1 Å². The Morgan fingerprint density at radius 2 is 1.67 bits per heavy atom. The molecule has 48 heavy (non-hydrogen) atoms. The van der Waals surface area contributed by atoms with E-state index in [1.54, 1.807) is 4.90 Å². The van der Waals surface area contributed by atoms with E-state index in [9.17, 15) is 9.59 Å². The van der Waals surface area contributed by atoms with Crippen LogP contribution in [0, 0.1) is 0 Å². The first-order valence-electron chi connectivity index (χ1n) is 18.3. The number of alkyl carbamates (subject to hydrolysis) is 1. The first kappa shape index (κ1) is 36.0. The molecule has 2 aliphatic rings. The highest BCUT2D eigenvalue weighted by atomic mass is 32.1. The Hall–Kier alpha value is -3.30. The first-order valence-corrected chi connectivity index (χ1v) is 19.2. The maximum absolute atomic E-state index is 13.2. The molecule has 0 unspecified atom stereocenters. The molecule has 262 valence electrons. The minimum absolute atomic E-state index is 0.0485. The summed E-state index contributed by atoms with van der Waals surface area (Å²) < 4.78 is 13.0. The summed E-state index contributed by atoms with van der Waals surface area (Å²) in [4.78, 5) is 32.3. The Kier molecular flexibility index (Phi) is 13.4. The van der Waals surface area contributed by atoms with E-state index in [0.717, 1.165) is 75.4 Å². The number of hydrogen-bond acceptors (Lipinski definition) is 7. The summed E-state index contributed by atoms with van der Waals surface area (Å²) in [5, 5.41) is 6.40. The molecule has 9 heteroatoms. The molecule has 1 aromatic heterocycles. The fourth-order valence-electron chi connectivity index (χ4n) is 6.96. The highest BCUT2D eigenvalue weighted by Gasteiger charge is 2.37. The summed E-state index contributed by atoms with van der Waals surface area (Å²) >= 11 is 1.81. The van der Waals surface area contributed by atoms with Crippen LogP contribution in [0.5, 0.6) is 5.75 Å².